The van der Waals surface area contributed by atoms with E-state index in [4.69, 9.17) is 4.74 Å². The third-order valence-electron chi connectivity index (χ3n) is 5.27. The highest BCUT2D eigenvalue weighted by atomic mass is 16.5. The molecule has 0 radical (unpaired) electrons. The summed E-state index contributed by atoms with van der Waals surface area (Å²) in [4.78, 5) is 0. The molecular weight excluding hydrogens is 262 g/mol. The average Bonchev–Trinajstić information content (AvgIpc) is 3.02. The summed E-state index contributed by atoms with van der Waals surface area (Å²) < 4.78 is 5.59. The summed E-state index contributed by atoms with van der Waals surface area (Å²) in [5.41, 5.74) is 4.43. The van der Waals surface area contributed by atoms with Crippen LogP contribution in [0.5, 0.6) is 0 Å². The Balaban J connectivity index is 1.72. The van der Waals surface area contributed by atoms with Crippen LogP contribution in [0.4, 0.5) is 0 Å². The van der Waals surface area contributed by atoms with Gasteiger partial charge in [0.15, 0.2) is 0 Å². The number of hydrogen-bond donors (Lipinski definition) is 2. The van der Waals surface area contributed by atoms with Crippen LogP contribution in [-0.2, 0) is 11.2 Å². The SMILES string of the molecule is Cc1ccc2c(c1)[C@H](NC[C@@]1(CCO)CCOC1)[C@H](C)C2. The molecule has 116 valence electrons. The predicted molar refractivity (Wildman–Crippen MR) is 84.4 cm³/mol. The van der Waals surface area contributed by atoms with Crippen molar-refractivity contribution < 1.29 is 9.84 Å². The van der Waals surface area contributed by atoms with Gasteiger partial charge in [0.05, 0.1) is 6.61 Å². The fraction of sp³-hybridized carbons (Fsp3) is 0.667. The second-order valence-corrected chi connectivity index (χ2v) is 7.02. The van der Waals surface area contributed by atoms with Crippen LogP contribution in [0, 0.1) is 18.3 Å². The van der Waals surface area contributed by atoms with E-state index in [-0.39, 0.29) is 12.0 Å². The molecule has 1 heterocycles. The van der Waals surface area contributed by atoms with E-state index in [9.17, 15) is 5.11 Å². The number of fused-ring (bicyclic) bond motifs is 1. The molecule has 0 amide bonds. The standard InChI is InChI=1S/C18H27NO2/c1-13-3-4-15-10-14(2)17(16(15)9-13)19-11-18(5-7-20)6-8-21-12-18/h3-4,9,14,17,19-20H,5-8,10-12H2,1-2H3/t14-,17-,18-/m1/s1. The van der Waals surface area contributed by atoms with Crippen molar-refractivity contribution in [3.63, 3.8) is 0 Å². The van der Waals surface area contributed by atoms with E-state index >= 15 is 0 Å². The molecule has 3 rings (SSSR count). The first kappa shape index (κ1) is 15.0. The first-order valence-corrected chi connectivity index (χ1v) is 8.15. The summed E-state index contributed by atoms with van der Waals surface area (Å²) >= 11 is 0. The fourth-order valence-corrected chi connectivity index (χ4v) is 3.91. The molecule has 3 nitrogen and oxygen atoms in total. The molecule has 21 heavy (non-hydrogen) atoms. The topological polar surface area (TPSA) is 41.5 Å². The molecule has 0 bridgehead atoms. The highest BCUT2D eigenvalue weighted by Crippen LogP contribution is 2.38. The minimum atomic E-state index is 0.126. The molecule has 0 aromatic heterocycles. The Morgan fingerprint density at radius 2 is 2.29 bits per heavy atom. The van der Waals surface area contributed by atoms with Crippen LogP contribution in [-0.4, -0.2) is 31.5 Å². The van der Waals surface area contributed by atoms with Gasteiger partial charge in [0, 0.05) is 31.2 Å². The quantitative estimate of drug-likeness (QED) is 0.875. The van der Waals surface area contributed by atoms with Gasteiger partial charge >= 0.3 is 0 Å². The molecule has 1 aliphatic carbocycles. The lowest BCUT2D eigenvalue weighted by Gasteiger charge is -2.30. The molecule has 1 fully saturated rings. The van der Waals surface area contributed by atoms with Gasteiger partial charge in [-0.15, -0.1) is 0 Å². The van der Waals surface area contributed by atoms with Gasteiger partial charge in [-0.2, -0.15) is 0 Å². The van der Waals surface area contributed by atoms with Crippen LogP contribution in [0.1, 0.15) is 42.5 Å². The van der Waals surface area contributed by atoms with Gasteiger partial charge in [0.1, 0.15) is 0 Å². The number of aliphatic hydroxyl groups excluding tert-OH is 1. The monoisotopic (exact) mass is 289 g/mol. The zero-order chi connectivity index (χ0) is 14.9. The minimum Gasteiger partial charge on any atom is -0.396 e. The van der Waals surface area contributed by atoms with E-state index in [0.29, 0.717) is 12.0 Å². The second kappa shape index (κ2) is 6.07. The maximum absolute atomic E-state index is 9.35. The molecule has 3 atom stereocenters. The van der Waals surface area contributed by atoms with Gasteiger partial charge in [-0.1, -0.05) is 30.7 Å². The lowest BCUT2D eigenvalue weighted by molar-refractivity contribution is 0.120. The molecule has 1 aromatic rings. The van der Waals surface area contributed by atoms with Crippen LogP contribution >= 0.6 is 0 Å². The molecule has 0 saturated carbocycles. The molecule has 1 aromatic carbocycles. The third-order valence-corrected chi connectivity index (χ3v) is 5.27. The van der Waals surface area contributed by atoms with Crippen molar-refractivity contribution in [1.82, 2.24) is 5.32 Å². The van der Waals surface area contributed by atoms with Gasteiger partial charge in [-0.3, -0.25) is 0 Å². The normalized spacial score (nSPS) is 31.6. The molecule has 0 spiro atoms. The highest BCUT2D eigenvalue weighted by molar-refractivity contribution is 5.38. The van der Waals surface area contributed by atoms with Crippen molar-refractivity contribution in [3.05, 3.63) is 34.9 Å². The number of nitrogens with one attached hydrogen (secondary N) is 1. The second-order valence-electron chi connectivity index (χ2n) is 7.02. The largest absolute Gasteiger partial charge is 0.396 e. The lowest BCUT2D eigenvalue weighted by atomic mass is 9.83. The van der Waals surface area contributed by atoms with Crippen molar-refractivity contribution in [2.24, 2.45) is 11.3 Å². The van der Waals surface area contributed by atoms with E-state index in [1.54, 1.807) is 0 Å². The van der Waals surface area contributed by atoms with E-state index in [0.717, 1.165) is 39.0 Å². The van der Waals surface area contributed by atoms with Crippen molar-refractivity contribution in [2.75, 3.05) is 26.4 Å². The Morgan fingerprint density at radius 1 is 1.43 bits per heavy atom. The number of aliphatic hydroxyl groups is 1. The Hall–Kier alpha value is -0.900. The van der Waals surface area contributed by atoms with Gasteiger partial charge in [0.2, 0.25) is 0 Å². The van der Waals surface area contributed by atoms with E-state index in [1.807, 2.05) is 0 Å². The smallest absolute Gasteiger partial charge is 0.0536 e. The summed E-state index contributed by atoms with van der Waals surface area (Å²) in [5, 5.41) is 13.1. The maximum Gasteiger partial charge on any atom is 0.0536 e. The van der Waals surface area contributed by atoms with Crippen LogP contribution < -0.4 is 5.32 Å². The van der Waals surface area contributed by atoms with E-state index in [2.05, 4.69) is 37.4 Å². The van der Waals surface area contributed by atoms with Crippen LogP contribution in [0.25, 0.3) is 0 Å². The van der Waals surface area contributed by atoms with Gasteiger partial charge in [-0.25, -0.2) is 0 Å². The van der Waals surface area contributed by atoms with Gasteiger partial charge in [-0.05, 0) is 43.2 Å². The summed E-state index contributed by atoms with van der Waals surface area (Å²) in [6.07, 6.45) is 3.06. The molecule has 0 unspecified atom stereocenters. The van der Waals surface area contributed by atoms with E-state index < -0.39 is 0 Å². The first-order valence-electron chi connectivity index (χ1n) is 8.15. The zero-order valence-electron chi connectivity index (χ0n) is 13.2. The Morgan fingerprint density at radius 3 is 3.00 bits per heavy atom. The lowest BCUT2D eigenvalue weighted by Crippen LogP contribution is -2.38. The molecular formula is C18H27NO2. The van der Waals surface area contributed by atoms with Crippen LogP contribution in [0.15, 0.2) is 18.2 Å². The minimum absolute atomic E-state index is 0.126. The van der Waals surface area contributed by atoms with E-state index in [1.165, 1.54) is 16.7 Å². The maximum atomic E-state index is 9.35. The summed E-state index contributed by atoms with van der Waals surface area (Å²) in [6.45, 7) is 7.30. The van der Waals surface area contributed by atoms with Crippen molar-refractivity contribution in [1.29, 1.82) is 0 Å². The number of ether oxygens (including phenoxy) is 1. The summed E-state index contributed by atoms with van der Waals surface area (Å²) in [6, 6.07) is 7.27. The number of rotatable bonds is 5. The number of hydrogen-bond acceptors (Lipinski definition) is 3. The summed E-state index contributed by atoms with van der Waals surface area (Å²) in [7, 11) is 0. The fourth-order valence-electron chi connectivity index (χ4n) is 3.91. The number of aryl methyl sites for hydroxylation is 1. The third kappa shape index (κ3) is 3.01. The average molecular weight is 289 g/mol. The first-order chi connectivity index (χ1) is 10.1. The highest BCUT2D eigenvalue weighted by Gasteiger charge is 2.37. The van der Waals surface area contributed by atoms with Gasteiger partial charge < -0.3 is 15.2 Å². The summed E-state index contributed by atoms with van der Waals surface area (Å²) in [5.74, 6) is 0.635. The Kier molecular flexibility index (Phi) is 4.34. The molecule has 1 saturated heterocycles. The van der Waals surface area contributed by atoms with Crippen molar-refractivity contribution in [2.45, 2.75) is 39.2 Å². The molecule has 1 aliphatic heterocycles. The van der Waals surface area contributed by atoms with Gasteiger partial charge in [0.25, 0.3) is 0 Å². The predicted octanol–water partition coefficient (Wildman–Crippen LogP) is 2.61. The molecule has 2 aliphatic rings. The van der Waals surface area contributed by atoms with Crippen LogP contribution in [0.3, 0.4) is 0 Å². The molecule has 2 N–H and O–H groups in total. The van der Waals surface area contributed by atoms with Crippen molar-refractivity contribution in [3.8, 4) is 0 Å². The Labute approximate surface area is 127 Å². The molecule has 3 heteroatoms. The zero-order valence-corrected chi connectivity index (χ0v) is 13.2. The van der Waals surface area contributed by atoms with Crippen LogP contribution in [0.2, 0.25) is 0 Å². The number of benzene rings is 1. The Bertz CT molecular complexity index is 494. The van der Waals surface area contributed by atoms with Crippen molar-refractivity contribution >= 4 is 0 Å².